The minimum absolute atomic E-state index is 0.294. The van der Waals surface area contributed by atoms with Crippen molar-refractivity contribution >= 4 is 5.91 Å². The Morgan fingerprint density at radius 2 is 2.20 bits per heavy atom. The number of alkyl halides is 2. The highest BCUT2D eigenvalue weighted by molar-refractivity contribution is 5.94. The van der Waals surface area contributed by atoms with Crippen LogP contribution >= 0.6 is 0 Å². The second-order valence-corrected chi connectivity index (χ2v) is 2.95. The van der Waals surface area contributed by atoms with Gasteiger partial charge in [0.05, 0.1) is 17.8 Å². The van der Waals surface area contributed by atoms with Crippen molar-refractivity contribution in [3.8, 4) is 0 Å². The molecule has 82 valence electrons. The lowest BCUT2D eigenvalue weighted by Gasteiger charge is -2.12. The maximum Gasteiger partial charge on any atom is 0.258 e. The van der Waals surface area contributed by atoms with Crippen molar-refractivity contribution in [2.24, 2.45) is 0 Å². The number of nitrogens with zero attached hydrogens (tertiary/aromatic N) is 1. The first-order valence-corrected chi connectivity index (χ1v) is 4.21. The van der Waals surface area contributed by atoms with Crippen molar-refractivity contribution in [2.75, 3.05) is 0 Å². The maximum atomic E-state index is 13.0. The molecule has 0 saturated carbocycles. The van der Waals surface area contributed by atoms with Gasteiger partial charge in [-0.05, 0) is 13.0 Å². The molecule has 1 N–H and O–H groups in total. The second-order valence-electron chi connectivity index (χ2n) is 2.95. The molecule has 0 aliphatic carbocycles. The molecule has 0 fully saturated rings. The van der Waals surface area contributed by atoms with Crippen LogP contribution in [0.1, 0.15) is 17.3 Å². The van der Waals surface area contributed by atoms with Crippen LogP contribution in [0.4, 0.5) is 13.2 Å². The van der Waals surface area contributed by atoms with Gasteiger partial charge in [0, 0.05) is 6.20 Å². The van der Waals surface area contributed by atoms with Crippen molar-refractivity contribution in [1.82, 2.24) is 10.3 Å². The smallest absolute Gasteiger partial charge is 0.258 e. The summed E-state index contributed by atoms with van der Waals surface area (Å²) < 4.78 is 37.1. The van der Waals surface area contributed by atoms with E-state index in [0.29, 0.717) is 0 Å². The van der Waals surface area contributed by atoms with Crippen molar-refractivity contribution < 1.29 is 18.0 Å². The van der Waals surface area contributed by atoms with Crippen LogP contribution in [0.5, 0.6) is 0 Å². The number of halogens is 3. The number of hydrogen-bond donors (Lipinski definition) is 1. The normalized spacial score (nSPS) is 12.6. The van der Waals surface area contributed by atoms with E-state index >= 15 is 0 Å². The van der Waals surface area contributed by atoms with Gasteiger partial charge >= 0.3 is 0 Å². The molecule has 1 heterocycles. The molecule has 1 rings (SSSR count). The number of rotatable bonds is 3. The van der Waals surface area contributed by atoms with Gasteiger partial charge in [0.1, 0.15) is 0 Å². The van der Waals surface area contributed by atoms with Gasteiger partial charge in [-0.25, -0.2) is 13.2 Å². The third kappa shape index (κ3) is 2.93. The largest absolute Gasteiger partial charge is 0.344 e. The lowest BCUT2D eigenvalue weighted by molar-refractivity contribution is 0.0776. The zero-order valence-corrected chi connectivity index (χ0v) is 7.88. The first kappa shape index (κ1) is 11.5. The molecule has 1 aromatic heterocycles. The maximum absolute atomic E-state index is 13.0. The molecule has 0 spiro atoms. The standard InChI is InChI=1S/C9H9F3N2O/c1-5(8(11)12)14-9(15)6-2-3-13-4-7(6)10/h2-5,8H,1H3,(H,14,15). The van der Waals surface area contributed by atoms with Crippen molar-refractivity contribution in [2.45, 2.75) is 19.4 Å². The van der Waals surface area contributed by atoms with Gasteiger partial charge in [-0.1, -0.05) is 0 Å². The Morgan fingerprint density at radius 1 is 1.53 bits per heavy atom. The molecule has 6 heteroatoms. The van der Waals surface area contributed by atoms with E-state index in [0.717, 1.165) is 19.2 Å². The summed E-state index contributed by atoms with van der Waals surface area (Å²) >= 11 is 0. The second kappa shape index (κ2) is 4.77. The van der Waals surface area contributed by atoms with E-state index in [-0.39, 0.29) is 5.56 Å². The van der Waals surface area contributed by atoms with E-state index in [1.54, 1.807) is 0 Å². The Labute approximate surface area is 84.3 Å². The van der Waals surface area contributed by atoms with E-state index in [9.17, 15) is 18.0 Å². The fourth-order valence-corrected chi connectivity index (χ4v) is 0.907. The number of carbonyl (C=O) groups is 1. The quantitative estimate of drug-likeness (QED) is 0.837. The molecule has 1 unspecified atom stereocenters. The molecule has 1 atom stereocenters. The number of amides is 1. The van der Waals surface area contributed by atoms with E-state index in [1.165, 1.54) is 6.20 Å². The van der Waals surface area contributed by atoms with Gasteiger partial charge in [0.25, 0.3) is 12.3 Å². The van der Waals surface area contributed by atoms with Gasteiger partial charge in [0.15, 0.2) is 5.82 Å². The molecule has 15 heavy (non-hydrogen) atoms. The molecule has 1 aromatic rings. The Balaban J connectivity index is 2.74. The third-order valence-corrected chi connectivity index (χ3v) is 1.75. The molecular formula is C9H9F3N2O. The van der Waals surface area contributed by atoms with Crippen LogP contribution in [0, 0.1) is 5.82 Å². The lowest BCUT2D eigenvalue weighted by Crippen LogP contribution is -2.37. The van der Waals surface area contributed by atoms with Gasteiger partial charge in [-0.2, -0.15) is 0 Å². The van der Waals surface area contributed by atoms with Crippen LogP contribution in [0.3, 0.4) is 0 Å². The van der Waals surface area contributed by atoms with E-state index < -0.39 is 24.2 Å². The summed E-state index contributed by atoms with van der Waals surface area (Å²) in [6.07, 6.45) is -0.619. The summed E-state index contributed by atoms with van der Waals surface area (Å²) in [7, 11) is 0. The summed E-state index contributed by atoms with van der Waals surface area (Å²) in [4.78, 5) is 14.7. The summed E-state index contributed by atoms with van der Waals surface area (Å²) in [5, 5.41) is 1.98. The fraction of sp³-hybridized carbons (Fsp3) is 0.333. The zero-order chi connectivity index (χ0) is 11.4. The first-order valence-electron chi connectivity index (χ1n) is 4.21. The third-order valence-electron chi connectivity index (χ3n) is 1.75. The van der Waals surface area contributed by atoms with E-state index in [2.05, 4.69) is 4.98 Å². The molecule has 0 aliphatic heterocycles. The topological polar surface area (TPSA) is 42.0 Å². The zero-order valence-electron chi connectivity index (χ0n) is 7.88. The average Bonchev–Trinajstić information content (AvgIpc) is 2.18. The highest BCUT2D eigenvalue weighted by Gasteiger charge is 2.19. The molecule has 1 amide bonds. The number of carbonyl (C=O) groups excluding carboxylic acids is 1. The summed E-state index contributed by atoms with van der Waals surface area (Å²) in [6, 6.07) is -0.187. The summed E-state index contributed by atoms with van der Waals surface area (Å²) in [5.41, 5.74) is -0.294. The number of aromatic nitrogens is 1. The van der Waals surface area contributed by atoms with Crippen molar-refractivity contribution in [1.29, 1.82) is 0 Å². The lowest BCUT2D eigenvalue weighted by atomic mass is 10.2. The van der Waals surface area contributed by atoms with Gasteiger partial charge < -0.3 is 5.32 Å². The van der Waals surface area contributed by atoms with Crippen LogP contribution in [0.15, 0.2) is 18.5 Å². The van der Waals surface area contributed by atoms with Crippen molar-refractivity contribution in [3.63, 3.8) is 0 Å². The molecule has 0 bridgehead atoms. The minimum Gasteiger partial charge on any atom is -0.344 e. The monoisotopic (exact) mass is 218 g/mol. The van der Waals surface area contributed by atoms with E-state index in [1.807, 2.05) is 5.32 Å². The van der Waals surface area contributed by atoms with Crippen LogP contribution < -0.4 is 5.32 Å². The minimum atomic E-state index is -2.68. The number of nitrogens with one attached hydrogen (secondary N) is 1. The van der Waals surface area contributed by atoms with Gasteiger partial charge in [-0.15, -0.1) is 0 Å². The number of pyridine rings is 1. The Morgan fingerprint density at radius 3 is 2.73 bits per heavy atom. The summed E-state index contributed by atoms with van der Waals surface area (Å²) in [5.74, 6) is -1.71. The first-order chi connectivity index (χ1) is 7.02. The molecular weight excluding hydrogens is 209 g/mol. The molecule has 0 aromatic carbocycles. The van der Waals surface area contributed by atoms with Crippen LogP contribution in [-0.2, 0) is 0 Å². The Kier molecular flexibility index (Phi) is 3.65. The molecule has 3 nitrogen and oxygen atoms in total. The van der Waals surface area contributed by atoms with Crippen LogP contribution in [0.25, 0.3) is 0 Å². The molecule has 0 aliphatic rings. The highest BCUT2D eigenvalue weighted by Crippen LogP contribution is 2.06. The Bertz CT molecular complexity index is 357. The van der Waals surface area contributed by atoms with Gasteiger partial charge in [0.2, 0.25) is 0 Å². The average molecular weight is 218 g/mol. The number of hydrogen-bond acceptors (Lipinski definition) is 2. The predicted molar refractivity (Wildman–Crippen MR) is 47.1 cm³/mol. The van der Waals surface area contributed by atoms with Crippen molar-refractivity contribution in [3.05, 3.63) is 29.8 Å². The SMILES string of the molecule is CC(NC(=O)c1ccncc1F)C(F)F. The van der Waals surface area contributed by atoms with Gasteiger partial charge in [-0.3, -0.25) is 9.78 Å². The van der Waals surface area contributed by atoms with Crippen LogP contribution in [0.2, 0.25) is 0 Å². The summed E-state index contributed by atoms with van der Waals surface area (Å²) in [6.45, 7) is 1.14. The molecule has 0 saturated heterocycles. The fourth-order valence-electron chi connectivity index (χ4n) is 0.907. The predicted octanol–water partition coefficient (Wildman–Crippen LogP) is 1.60. The Hall–Kier alpha value is -1.59. The van der Waals surface area contributed by atoms with E-state index in [4.69, 9.17) is 0 Å². The van der Waals surface area contributed by atoms with Crippen LogP contribution in [-0.4, -0.2) is 23.4 Å². The molecule has 0 radical (unpaired) electrons. The highest BCUT2D eigenvalue weighted by atomic mass is 19.3.